The minimum absolute atomic E-state index is 0.158. The minimum Gasteiger partial charge on any atom is -0.343 e. The van der Waals surface area contributed by atoms with Crippen molar-refractivity contribution >= 4 is 38.9 Å². The van der Waals surface area contributed by atoms with Gasteiger partial charge in [-0.15, -0.1) is 0 Å². The van der Waals surface area contributed by atoms with Gasteiger partial charge in [-0.25, -0.2) is 28.3 Å². The van der Waals surface area contributed by atoms with Crippen LogP contribution in [0.5, 0.6) is 0 Å². The molecule has 0 saturated carbocycles. The van der Waals surface area contributed by atoms with Gasteiger partial charge in [0.1, 0.15) is 11.9 Å². The number of hydrogen-bond acceptors (Lipinski definition) is 6. The van der Waals surface area contributed by atoms with E-state index in [1.54, 1.807) is 25.1 Å². The number of halogens is 3. The highest BCUT2D eigenvalue weighted by Gasteiger charge is 2.23. The number of anilines is 1. The van der Waals surface area contributed by atoms with E-state index in [1.807, 2.05) is 0 Å². The van der Waals surface area contributed by atoms with E-state index in [-0.39, 0.29) is 16.7 Å². The molecular formula is C17H17Cl2FN6OS. The summed E-state index contributed by atoms with van der Waals surface area (Å²) in [6.07, 6.45) is 2.37. The third-order valence-electron chi connectivity index (χ3n) is 3.97. The van der Waals surface area contributed by atoms with E-state index in [0.29, 0.717) is 27.1 Å². The third kappa shape index (κ3) is 4.26. The Bertz CT molecular complexity index is 1150. The summed E-state index contributed by atoms with van der Waals surface area (Å²) < 4.78 is 33.5. The van der Waals surface area contributed by atoms with Crippen LogP contribution in [0.1, 0.15) is 28.8 Å². The number of aromatic nitrogens is 4. The average Bonchev–Trinajstić information content (AvgIpc) is 3.00. The van der Waals surface area contributed by atoms with E-state index in [9.17, 15) is 8.60 Å². The maximum atomic E-state index is 13.5. The molecule has 0 aliphatic heterocycles. The number of benzene rings is 1. The Hall–Kier alpha value is -2.23. The number of aryl methyl sites for hydroxylation is 2. The zero-order valence-corrected chi connectivity index (χ0v) is 17.5. The maximum absolute atomic E-state index is 13.5. The number of H-pyrrole nitrogens is 1. The topological polar surface area (TPSA) is 107 Å². The lowest BCUT2D eigenvalue weighted by molar-refractivity contribution is 0.601. The van der Waals surface area contributed by atoms with Crippen LogP contribution in [0.4, 0.5) is 10.3 Å². The molecule has 28 heavy (non-hydrogen) atoms. The highest BCUT2D eigenvalue weighted by Crippen LogP contribution is 2.30. The monoisotopic (exact) mass is 442 g/mol. The molecule has 0 bridgehead atoms. The predicted octanol–water partition coefficient (Wildman–Crippen LogP) is 4.50. The molecule has 11 heteroatoms. The first-order valence-electron chi connectivity index (χ1n) is 8.07. The quantitative estimate of drug-likeness (QED) is 0.538. The van der Waals surface area contributed by atoms with Crippen molar-refractivity contribution in [3.05, 3.63) is 63.0 Å². The zero-order valence-electron chi connectivity index (χ0n) is 15.2. The molecule has 2 aromatic heterocycles. The summed E-state index contributed by atoms with van der Waals surface area (Å²) in [6, 6.07) is 4.40. The first kappa shape index (κ1) is 20.5. The fourth-order valence-electron chi connectivity index (χ4n) is 2.64. The summed E-state index contributed by atoms with van der Waals surface area (Å²) in [4.78, 5) is 15.5. The van der Waals surface area contributed by atoms with Crippen molar-refractivity contribution in [3.63, 3.8) is 0 Å². The Morgan fingerprint density at radius 2 is 1.96 bits per heavy atom. The first-order chi connectivity index (χ1) is 13.1. The van der Waals surface area contributed by atoms with Gasteiger partial charge in [0.15, 0.2) is 10.8 Å². The van der Waals surface area contributed by atoms with E-state index in [0.717, 1.165) is 6.20 Å². The van der Waals surface area contributed by atoms with Crippen LogP contribution in [0, 0.1) is 24.4 Å². The summed E-state index contributed by atoms with van der Waals surface area (Å²) in [6.45, 7) is 3.21. The highest BCUT2D eigenvalue weighted by molar-refractivity contribution is 7.91. The van der Waals surface area contributed by atoms with Crippen LogP contribution in [0.2, 0.25) is 10.0 Å². The second-order valence-electron chi connectivity index (χ2n) is 6.27. The number of rotatable bonds is 5. The van der Waals surface area contributed by atoms with Gasteiger partial charge in [0.05, 0.1) is 31.7 Å². The predicted molar refractivity (Wildman–Crippen MR) is 107 cm³/mol. The Morgan fingerprint density at radius 3 is 2.54 bits per heavy atom. The van der Waals surface area contributed by atoms with Crippen molar-refractivity contribution < 1.29 is 8.60 Å². The molecule has 0 fully saturated rings. The van der Waals surface area contributed by atoms with Gasteiger partial charge >= 0.3 is 0 Å². The number of hydrogen-bond donors (Lipinski definition) is 3. The SMILES string of the molecule is Cc1nc(N[C@@H](c2ccc(Cl)c(Cl)c2)c2nc([S@](C)(=N)=O)c(C)[nH]2)ncc1F. The summed E-state index contributed by atoms with van der Waals surface area (Å²) >= 11 is 12.2. The molecule has 0 aliphatic rings. The Morgan fingerprint density at radius 1 is 1.25 bits per heavy atom. The summed E-state index contributed by atoms with van der Waals surface area (Å²) in [5.41, 5.74) is 1.37. The molecule has 0 radical (unpaired) electrons. The molecule has 0 saturated heterocycles. The van der Waals surface area contributed by atoms with Crippen LogP contribution in [-0.4, -0.2) is 30.4 Å². The first-order valence-corrected chi connectivity index (χ1v) is 10.8. The maximum Gasteiger partial charge on any atom is 0.223 e. The zero-order chi connectivity index (χ0) is 20.6. The Labute approximate surface area is 171 Å². The minimum atomic E-state index is -3.03. The van der Waals surface area contributed by atoms with Crippen LogP contribution in [0.25, 0.3) is 0 Å². The van der Waals surface area contributed by atoms with E-state index in [4.69, 9.17) is 28.0 Å². The molecule has 0 amide bonds. The molecule has 0 spiro atoms. The van der Waals surface area contributed by atoms with Gasteiger partial charge < -0.3 is 10.3 Å². The van der Waals surface area contributed by atoms with Crippen molar-refractivity contribution in [1.82, 2.24) is 19.9 Å². The molecule has 1 aromatic carbocycles. The normalized spacial score (nSPS) is 14.5. The summed E-state index contributed by atoms with van der Waals surface area (Å²) in [7, 11) is -3.03. The van der Waals surface area contributed by atoms with Crippen molar-refractivity contribution in [2.75, 3.05) is 11.6 Å². The number of nitrogens with zero attached hydrogens (tertiary/aromatic N) is 3. The largest absolute Gasteiger partial charge is 0.343 e. The van der Waals surface area contributed by atoms with Crippen LogP contribution in [0.3, 0.4) is 0 Å². The van der Waals surface area contributed by atoms with E-state index >= 15 is 0 Å². The summed E-state index contributed by atoms with van der Waals surface area (Å²) in [5.74, 6) is 0.0414. The molecule has 3 N–H and O–H groups in total. The highest BCUT2D eigenvalue weighted by atomic mass is 35.5. The van der Waals surface area contributed by atoms with Gasteiger partial charge in [-0.05, 0) is 31.5 Å². The number of nitrogens with one attached hydrogen (secondary N) is 3. The molecule has 148 valence electrons. The molecule has 0 unspecified atom stereocenters. The van der Waals surface area contributed by atoms with Gasteiger partial charge in [0, 0.05) is 11.9 Å². The standard InChI is InChI=1S/C17H17Cl2FN6OS/c1-8-13(20)7-22-17(24-8)25-14(10-4-5-11(18)12(19)6-10)15-23-9(2)16(26-15)28(3,21)27/h4-7,14,21H,1-3H3,(H,23,26)(H,22,24,25)/t14-,28+/m0/s1. The molecular weight excluding hydrogens is 426 g/mol. The Kier molecular flexibility index (Phi) is 5.60. The lowest BCUT2D eigenvalue weighted by Gasteiger charge is -2.18. The number of imidazole rings is 1. The molecule has 0 aliphatic carbocycles. The third-order valence-corrected chi connectivity index (χ3v) is 5.85. The van der Waals surface area contributed by atoms with Gasteiger partial charge in [0.25, 0.3) is 0 Å². The van der Waals surface area contributed by atoms with Gasteiger partial charge in [0.2, 0.25) is 5.95 Å². The number of aromatic amines is 1. The van der Waals surface area contributed by atoms with Crippen molar-refractivity contribution in [2.45, 2.75) is 24.9 Å². The van der Waals surface area contributed by atoms with E-state index < -0.39 is 21.6 Å². The Balaban J connectivity index is 2.11. The van der Waals surface area contributed by atoms with E-state index in [2.05, 4.69) is 25.3 Å². The fraction of sp³-hybridized carbons (Fsp3) is 0.235. The lowest BCUT2D eigenvalue weighted by Crippen LogP contribution is -2.16. The van der Waals surface area contributed by atoms with Crippen molar-refractivity contribution in [3.8, 4) is 0 Å². The summed E-state index contributed by atoms with van der Waals surface area (Å²) in [5, 5.41) is 3.96. The molecule has 3 aromatic rings. The molecule has 2 atom stereocenters. The van der Waals surface area contributed by atoms with Gasteiger partial charge in [-0.3, -0.25) is 0 Å². The van der Waals surface area contributed by atoms with Crippen molar-refractivity contribution in [2.24, 2.45) is 0 Å². The van der Waals surface area contributed by atoms with Crippen LogP contribution in [-0.2, 0) is 9.73 Å². The smallest absolute Gasteiger partial charge is 0.223 e. The molecule has 3 rings (SSSR count). The average molecular weight is 443 g/mol. The molecule has 2 heterocycles. The lowest BCUT2D eigenvalue weighted by atomic mass is 10.1. The van der Waals surface area contributed by atoms with E-state index in [1.165, 1.54) is 13.2 Å². The molecule has 7 nitrogen and oxygen atoms in total. The second kappa shape index (κ2) is 7.65. The van der Waals surface area contributed by atoms with Crippen molar-refractivity contribution in [1.29, 1.82) is 4.78 Å². The van der Waals surface area contributed by atoms with Crippen LogP contribution in [0.15, 0.2) is 29.4 Å². The van der Waals surface area contributed by atoms with Gasteiger partial charge in [-0.1, -0.05) is 29.3 Å². The van der Waals surface area contributed by atoms with Gasteiger partial charge in [-0.2, -0.15) is 0 Å². The van der Waals surface area contributed by atoms with Crippen LogP contribution >= 0.6 is 23.2 Å². The second-order valence-corrected chi connectivity index (χ2v) is 9.16. The van der Waals surface area contributed by atoms with Crippen LogP contribution < -0.4 is 5.32 Å². The fourth-order valence-corrected chi connectivity index (χ4v) is 3.85.